The van der Waals surface area contributed by atoms with Gasteiger partial charge < -0.3 is 0 Å². The molecule has 0 heterocycles. The Balaban J connectivity index is 3.85. The molecule has 0 aromatic carbocycles. The van der Waals surface area contributed by atoms with Gasteiger partial charge in [0.05, 0.1) is 4.58 Å². The summed E-state index contributed by atoms with van der Waals surface area (Å²) < 4.78 is 0.774. The Morgan fingerprint density at radius 2 is 1.27 bits per heavy atom. The van der Waals surface area contributed by atoms with Crippen LogP contribution in [0, 0.1) is 5.41 Å². The van der Waals surface area contributed by atoms with Crippen LogP contribution < -0.4 is 0 Å². The molecule has 0 aromatic rings. The van der Waals surface area contributed by atoms with Crippen molar-refractivity contribution < 1.29 is 0 Å². The summed E-state index contributed by atoms with van der Waals surface area (Å²) in [6, 6.07) is 0. The van der Waals surface area contributed by atoms with E-state index in [4.69, 9.17) is 0 Å². The zero-order chi connectivity index (χ0) is 11.7. The first kappa shape index (κ1) is 15.7. The lowest BCUT2D eigenvalue weighted by Crippen LogP contribution is -2.20. The van der Waals surface area contributed by atoms with Gasteiger partial charge in [0.2, 0.25) is 0 Å². The lowest BCUT2D eigenvalue weighted by Gasteiger charge is -2.29. The van der Waals surface area contributed by atoms with Gasteiger partial charge in [0.15, 0.2) is 0 Å². The molecule has 0 aliphatic rings. The van der Waals surface area contributed by atoms with Gasteiger partial charge in [-0.1, -0.05) is 47.5 Å². The van der Waals surface area contributed by atoms with Gasteiger partial charge in [0.1, 0.15) is 0 Å². The lowest BCUT2D eigenvalue weighted by molar-refractivity contribution is 0.459. The predicted octanol–water partition coefficient (Wildman–Crippen LogP) is 5.43. The maximum atomic E-state index is 2.37. The van der Waals surface area contributed by atoms with Crippen molar-refractivity contribution in [2.45, 2.75) is 64.9 Å². The maximum Gasteiger partial charge on any atom is 0.0550 e. The molecule has 2 heteroatoms. The molecule has 0 spiro atoms. The molecule has 0 aliphatic heterocycles. The summed E-state index contributed by atoms with van der Waals surface area (Å²) in [6.07, 6.45) is 5.38. The van der Waals surface area contributed by atoms with Crippen LogP contribution in [0.2, 0.25) is 0 Å². The summed E-state index contributed by atoms with van der Waals surface area (Å²) in [6.45, 7) is 11.7. The fourth-order valence-electron chi connectivity index (χ4n) is 1.22. The molecular weight excluding hydrogens is 220 g/mol. The van der Waals surface area contributed by atoms with E-state index in [2.05, 4.69) is 58.1 Å². The van der Waals surface area contributed by atoms with Crippen molar-refractivity contribution in [3.63, 3.8) is 0 Å². The highest BCUT2D eigenvalue weighted by Gasteiger charge is 2.24. The van der Waals surface area contributed by atoms with Crippen molar-refractivity contribution in [2.24, 2.45) is 5.41 Å². The standard InChI is InChI=1S/C13H28S2/c1-6-8-10-14-12(13(3,4)5)15-11-9-7-2/h12H,6-11H2,1-5H3. The zero-order valence-electron chi connectivity index (χ0n) is 11.1. The Bertz CT molecular complexity index is 128. The van der Waals surface area contributed by atoms with Crippen LogP contribution in [-0.2, 0) is 0 Å². The van der Waals surface area contributed by atoms with E-state index in [0.29, 0.717) is 5.41 Å². The molecule has 0 rings (SSSR count). The number of hydrogen-bond acceptors (Lipinski definition) is 2. The average Bonchev–Trinajstić information content (AvgIpc) is 2.14. The summed E-state index contributed by atoms with van der Waals surface area (Å²) in [4.78, 5) is 0. The maximum absolute atomic E-state index is 2.37. The topological polar surface area (TPSA) is 0 Å². The molecule has 0 bridgehead atoms. The highest BCUT2D eigenvalue weighted by atomic mass is 32.2. The molecule has 0 nitrogen and oxygen atoms in total. The summed E-state index contributed by atoms with van der Waals surface area (Å²) in [5, 5.41) is 0. The number of thioether (sulfide) groups is 2. The van der Waals surface area contributed by atoms with Gasteiger partial charge in [-0.05, 0) is 29.8 Å². The van der Waals surface area contributed by atoms with Crippen LogP contribution >= 0.6 is 23.5 Å². The third-order valence-electron chi connectivity index (χ3n) is 2.24. The zero-order valence-corrected chi connectivity index (χ0v) is 12.8. The largest absolute Gasteiger partial charge is 0.147 e. The van der Waals surface area contributed by atoms with E-state index in [1.807, 2.05) is 0 Å². The summed E-state index contributed by atoms with van der Waals surface area (Å²) in [5.41, 5.74) is 0.441. The third-order valence-corrected chi connectivity index (χ3v) is 6.13. The number of unbranched alkanes of at least 4 members (excludes halogenated alkanes) is 2. The second kappa shape index (κ2) is 8.81. The highest BCUT2D eigenvalue weighted by Crippen LogP contribution is 2.39. The van der Waals surface area contributed by atoms with E-state index >= 15 is 0 Å². The summed E-state index contributed by atoms with van der Waals surface area (Å²) >= 11 is 4.33. The normalized spacial score (nSPS) is 12.4. The predicted molar refractivity (Wildman–Crippen MR) is 78.0 cm³/mol. The lowest BCUT2D eigenvalue weighted by atomic mass is 10.0. The van der Waals surface area contributed by atoms with Gasteiger partial charge in [-0.3, -0.25) is 0 Å². The minimum atomic E-state index is 0.441. The molecule has 0 radical (unpaired) electrons. The molecule has 0 saturated heterocycles. The second-order valence-corrected chi connectivity index (χ2v) is 7.87. The first-order valence-electron chi connectivity index (χ1n) is 6.25. The van der Waals surface area contributed by atoms with Crippen LogP contribution in [0.15, 0.2) is 0 Å². The van der Waals surface area contributed by atoms with Crippen molar-refractivity contribution in [3.8, 4) is 0 Å². The van der Waals surface area contributed by atoms with Gasteiger partial charge in [-0.15, -0.1) is 23.5 Å². The number of hydrogen-bond donors (Lipinski definition) is 0. The molecule has 0 aliphatic carbocycles. The van der Waals surface area contributed by atoms with E-state index in [1.54, 1.807) is 0 Å². The van der Waals surface area contributed by atoms with E-state index in [-0.39, 0.29) is 0 Å². The first-order valence-corrected chi connectivity index (χ1v) is 8.35. The summed E-state index contributed by atoms with van der Waals surface area (Å²) in [7, 11) is 0. The Hall–Kier alpha value is 0.700. The number of rotatable bonds is 8. The van der Waals surface area contributed by atoms with E-state index in [1.165, 1.54) is 37.2 Å². The van der Waals surface area contributed by atoms with Crippen LogP contribution in [0.4, 0.5) is 0 Å². The van der Waals surface area contributed by atoms with Crippen molar-refractivity contribution in [2.75, 3.05) is 11.5 Å². The Kier molecular flexibility index (Phi) is 9.22. The third kappa shape index (κ3) is 8.50. The smallest absolute Gasteiger partial charge is 0.0550 e. The highest BCUT2D eigenvalue weighted by molar-refractivity contribution is 8.17. The SMILES string of the molecule is CCCCSC(SCCCC)C(C)(C)C. The van der Waals surface area contributed by atoms with Crippen LogP contribution in [0.1, 0.15) is 60.3 Å². The molecule has 92 valence electrons. The van der Waals surface area contributed by atoms with E-state index in [9.17, 15) is 0 Å². The van der Waals surface area contributed by atoms with Crippen molar-refractivity contribution in [3.05, 3.63) is 0 Å². The van der Waals surface area contributed by atoms with Crippen molar-refractivity contribution in [1.82, 2.24) is 0 Å². The minimum absolute atomic E-state index is 0.441. The van der Waals surface area contributed by atoms with E-state index in [0.717, 1.165) is 4.58 Å². The fourth-order valence-corrected chi connectivity index (χ4v) is 4.52. The van der Waals surface area contributed by atoms with Crippen molar-refractivity contribution in [1.29, 1.82) is 0 Å². The van der Waals surface area contributed by atoms with Gasteiger partial charge in [0, 0.05) is 0 Å². The molecule has 0 amide bonds. The first-order chi connectivity index (χ1) is 7.02. The van der Waals surface area contributed by atoms with Gasteiger partial charge in [-0.25, -0.2) is 0 Å². The average molecular weight is 249 g/mol. The molecule has 0 aromatic heterocycles. The van der Waals surface area contributed by atoms with Gasteiger partial charge >= 0.3 is 0 Å². The second-order valence-electron chi connectivity index (χ2n) is 5.15. The molecular formula is C13H28S2. The molecule has 15 heavy (non-hydrogen) atoms. The van der Waals surface area contributed by atoms with Crippen molar-refractivity contribution >= 4 is 23.5 Å². The van der Waals surface area contributed by atoms with Gasteiger partial charge in [0.25, 0.3) is 0 Å². The van der Waals surface area contributed by atoms with Gasteiger partial charge in [-0.2, -0.15) is 0 Å². The quantitative estimate of drug-likeness (QED) is 0.415. The molecule has 0 fully saturated rings. The van der Waals surface area contributed by atoms with Crippen LogP contribution in [0.25, 0.3) is 0 Å². The Morgan fingerprint density at radius 3 is 1.53 bits per heavy atom. The Labute approximate surface area is 105 Å². The van der Waals surface area contributed by atoms with Crippen LogP contribution in [-0.4, -0.2) is 16.1 Å². The fraction of sp³-hybridized carbons (Fsp3) is 1.00. The minimum Gasteiger partial charge on any atom is -0.147 e. The monoisotopic (exact) mass is 248 g/mol. The molecule has 0 N–H and O–H groups in total. The molecule has 0 unspecified atom stereocenters. The Morgan fingerprint density at radius 1 is 0.867 bits per heavy atom. The molecule has 0 saturated carbocycles. The van der Waals surface area contributed by atoms with Crippen LogP contribution in [0.5, 0.6) is 0 Å². The summed E-state index contributed by atoms with van der Waals surface area (Å²) in [5.74, 6) is 2.66. The van der Waals surface area contributed by atoms with Crippen LogP contribution in [0.3, 0.4) is 0 Å². The molecule has 0 atom stereocenters. The van der Waals surface area contributed by atoms with E-state index < -0.39 is 0 Å².